The van der Waals surface area contributed by atoms with Gasteiger partial charge in [-0.05, 0) is 45.4 Å². The Hall–Kier alpha value is 0.390. The molecule has 0 unspecified atom stereocenters. The maximum atomic E-state index is 10.4. The van der Waals surface area contributed by atoms with Gasteiger partial charge in [0.25, 0.3) is 0 Å². The Bertz CT molecular complexity index is 206. The second kappa shape index (κ2) is 8.48. The van der Waals surface area contributed by atoms with Crippen LogP contribution in [0.1, 0.15) is 19.8 Å². The third-order valence-electron chi connectivity index (χ3n) is 3.17. The third-order valence-corrected chi connectivity index (χ3v) is 3.17. The second-order valence-electron chi connectivity index (χ2n) is 4.45. The maximum absolute atomic E-state index is 10.4. The van der Waals surface area contributed by atoms with Crippen LogP contribution in [0.25, 0.3) is 0 Å². The van der Waals surface area contributed by atoms with Crippen molar-refractivity contribution >= 4 is 5.97 Å². The molecular weight excluding hydrogens is 215 g/mol. The van der Waals surface area contributed by atoms with Crippen molar-refractivity contribution in [2.45, 2.75) is 19.8 Å². The van der Waals surface area contributed by atoms with Crippen molar-refractivity contribution in [2.24, 2.45) is 5.92 Å². The van der Waals surface area contributed by atoms with Gasteiger partial charge in [-0.3, -0.25) is 4.90 Å². The van der Waals surface area contributed by atoms with E-state index in [1.165, 1.54) is 0 Å². The van der Waals surface area contributed by atoms with Crippen molar-refractivity contribution in [2.75, 3.05) is 39.8 Å². The minimum Gasteiger partial charge on any atom is -0.549 e. The molecule has 1 fully saturated rings. The number of nitrogens with zero attached hydrogens (tertiary/aromatic N) is 2. The topological polar surface area (TPSA) is 46.6 Å². The van der Waals surface area contributed by atoms with E-state index in [-0.39, 0.29) is 36.1 Å². The van der Waals surface area contributed by atoms with Gasteiger partial charge in [0.2, 0.25) is 0 Å². The van der Waals surface area contributed by atoms with Gasteiger partial charge < -0.3 is 14.8 Å². The van der Waals surface area contributed by atoms with E-state index in [0.717, 1.165) is 44.9 Å². The first-order valence-electron chi connectivity index (χ1n) is 5.72. The minimum absolute atomic E-state index is 0. The van der Waals surface area contributed by atoms with Gasteiger partial charge in [-0.1, -0.05) is 6.92 Å². The third kappa shape index (κ3) is 6.21. The van der Waals surface area contributed by atoms with Crippen molar-refractivity contribution in [1.29, 1.82) is 0 Å². The van der Waals surface area contributed by atoms with E-state index in [2.05, 4.69) is 18.9 Å². The van der Waals surface area contributed by atoms with E-state index in [1.54, 1.807) is 0 Å². The molecule has 0 radical (unpaired) electrons. The van der Waals surface area contributed by atoms with Crippen LogP contribution in [0.2, 0.25) is 0 Å². The molecule has 0 saturated carbocycles. The van der Waals surface area contributed by atoms with Crippen LogP contribution in [0.15, 0.2) is 0 Å². The molecule has 88 valence electrons. The molecule has 0 N–H and O–H groups in total. The minimum atomic E-state index is -0.959. The standard InChI is InChI=1S/C11H22N2O2.Na/c1-3-12(2)8-10-4-6-13(7-5-10)9-11(14)15;/h10H,3-9H2,1-2H3,(H,14,15);/q;+1/p-1. The summed E-state index contributed by atoms with van der Waals surface area (Å²) in [6.45, 7) is 6.27. The summed E-state index contributed by atoms with van der Waals surface area (Å²) in [7, 11) is 2.13. The number of carbonyl (C=O) groups is 1. The fourth-order valence-electron chi connectivity index (χ4n) is 2.08. The Balaban J connectivity index is 0.00000225. The number of hydrogen-bond acceptors (Lipinski definition) is 4. The van der Waals surface area contributed by atoms with Gasteiger partial charge >= 0.3 is 29.6 Å². The van der Waals surface area contributed by atoms with E-state index < -0.39 is 5.97 Å². The Morgan fingerprint density at radius 2 is 2.00 bits per heavy atom. The van der Waals surface area contributed by atoms with Crippen LogP contribution in [-0.2, 0) is 4.79 Å². The van der Waals surface area contributed by atoms with Crippen molar-refractivity contribution in [1.82, 2.24) is 9.80 Å². The summed E-state index contributed by atoms with van der Waals surface area (Å²) in [6, 6.07) is 0. The quantitative estimate of drug-likeness (QED) is 0.463. The molecule has 0 spiro atoms. The molecule has 0 bridgehead atoms. The second-order valence-corrected chi connectivity index (χ2v) is 4.45. The molecule has 1 rings (SSSR count). The zero-order valence-electron chi connectivity index (χ0n) is 10.7. The molecule has 0 aromatic heterocycles. The molecule has 16 heavy (non-hydrogen) atoms. The summed E-state index contributed by atoms with van der Waals surface area (Å²) in [4.78, 5) is 14.7. The zero-order valence-corrected chi connectivity index (χ0v) is 12.7. The van der Waals surface area contributed by atoms with Crippen LogP contribution in [0.3, 0.4) is 0 Å². The van der Waals surface area contributed by atoms with Crippen molar-refractivity contribution < 1.29 is 39.5 Å². The normalized spacial score (nSPS) is 18.4. The molecule has 0 atom stereocenters. The molecule has 0 amide bonds. The average molecular weight is 236 g/mol. The van der Waals surface area contributed by atoms with Crippen LogP contribution < -0.4 is 34.7 Å². The van der Waals surface area contributed by atoms with Gasteiger partial charge in [0.1, 0.15) is 0 Å². The first-order chi connectivity index (χ1) is 7.11. The summed E-state index contributed by atoms with van der Waals surface area (Å²) in [5.41, 5.74) is 0. The van der Waals surface area contributed by atoms with Crippen molar-refractivity contribution in [3.8, 4) is 0 Å². The Morgan fingerprint density at radius 3 is 2.44 bits per heavy atom. The van der Waals surface area contributed by atoms with Crippen LogP contribution in [0.4, 0.5) is 0 Å². The Kier molecular flexibility index (Phi) is 8.68. The monoisotopic (exact) mass is 236 g/mol. The molecule has 1 heterocycles. The Morgan fingerprint density at radius 1 is 1.44 bits per heavy atom. The molecule has 1 saturated heterocycles. The largest absolute Gasteiger partial charge is 1.00 e. The number of likely N-dealkylation sites (tertiary alicyclic amines) is 1. The van der Waals surface area contributed by atoms with Crippen LogP contribution in [0, 0.1) is 5.92 Å². The number of carbonyl (C=O) groups excluding carboxylic acids is 1. The predicted molar refractivity (Wildman–Crippen MR) is 57.3 cm³/mol. The predicted octanol–water partition coefficient (Wildman–Crippen LogP) is -3.60. The number of carboxylic acid groups (broad SMARTS) is 1. The number of rotatable bonds is 5. The number of piperidine rings is 1. The van der Waals surface area contributed by atoms with Gasteiger partial charge in [-0.15, -0.1) is 0 Å². The van der Waals surface area contributed by atoms with Crippen LogP contribution >= 0.6 is 0 Å². The molecule has 0 aliphatic carbocycles. The summed E-state index contributed by atoms with van der Waals surface area (Å²) in [6.07, 6.45) is 2.22. The van der Waals surface area contributed by atoms with Gasteiger partial charge in [0, 0.05) is 13.1 Å². The number of aliphatic carboxylic acids is 1. The molecule has 0 aromatic rings. The molecule has 1 aliphatic heterocycles. The SMILES string of the molecule is CCN(C)CC1CCN(CC(=O)[O-])CC1.[Na+]. The molecule has 4 nitrogen and oxygen atoms in total. The number of carboxylic acids is 1. The fraction of sp³-hybridized carbons (Fsp3) is 0.909. The summed E-state index contributed by atoms with van der Waals surface area (Å²) in [5, 5.41) is 10.4. The van der Waals surface area contributed by atoms with Gasteiger partial charge in [-0.25, -0.2) is 0 Å². The smallest absolute Gasteiger partial charge is 0.549 e. The summed E-state index contributed by atoms with van der Waals surface area (Å²) >= 11 is 0. The van der Waals surface area contributed by atoms with Gasteiger partial charge in [0.15, 0.2) is 0 Å². The Labute approximate surface area is 120 Å². The van der Waals surface area contributed by atoms with E-state index in [0.29, 0.717) is 0 Å². The van der Waals surface area contributed by atoms with E-state index in [9.17, 15) is 9.90 Å². The van der Waals surface area contributed by atoms with E-state index >= 15 is 0 Å². The molecular formula is C11H21N2NaO2. The van der Waals surface area contributed by atoms with Crippen molar-refractivity contribution in [3.05, 3.63) is 0 Å². The van der Waals surface area contributed by atoms with E-state index in [1.807, 2.05) is 4.90 Å². The van der Waals surface area contributed by atoms with E-state index in [4.69, 9.17) is 0 Å². The van der Waals surface area contributed by atoms with Gasteiger partial charge in [-0.2, -0.15) is 0 Å². The number of hydrogen-bond donors (Lipinski definition) is 0. The molecule has 5 heteroatoms. The van der Waals surface area contributed by atoms with Gasteiger partial charge in [0.05, 0.1) is 5.97 Å². The molecule has 0 aromatic carbocycles. The average Bonchev–Trinajstić information content (AvgIpc) is 2.20. The molecule has 1 aliphatic rings. The van der Waals surface area contributed by atoms with Crippen LogP contribution in [0.5, 0.6) is 0 Å². The summed E-state index contributed by atoms with van der Waals surface area (Å²) in [5.74, 6) is -0.230. The first kappa shape index (κ1) is 16.4. The fourth-order valence-corrected chi connectivity index (χ4v) is 2.08. The van der Waals surface area contributed by atoms with Crippen molar-refractivity contribution in [3.63, 3.8) is 0 Å². The summed E-state index contributed by atoms with van der Waals surface area (Å²) < 4.78 is 0. The maximum Gasteiger partial charge on any atom is 1.00 e. The van der Waals surface area contributed by atoms with Crippen LogP contribution in [-0.4, -0.2) is 55.5 Å². The first-order valence-corrected chi connectivity index (χ1v) is 5.72. The zero-order chi connectivity index (χ0) is 11.3.